The quantitative estimate of drug-likeness (QED) is 0.649. The molecule has 0 aromatic carbocycles. The summed E-state index contributed by atoms with van der Waals surface area (Å²) in [5.74, 6) is 0.332. The van der Waals surface area contributed by atoms with E-state index >= 15 is 0 Å². The van der Waals surface area contributed by atoms with E-state index in [1.165, 1.54) is 0 Å². The summed E-state index contributed by atoms with van der Waals surface area (Å²) in [7, 11) is 0. The first kappa shape index (κ1) is 10.9. The SMILES string of the molecule is CCOC(=O)CSC1CCOC1C. The molecule has 1 aliphatic heterocycles. The fraction of sp³-hybridized carbons (Fsp3) is 0.889. The van der Waals surface area contributed by atoms with Crippen molar-refractivity contribution in [2.45, 2.75) is 31.6 Å². The molecule has 0 saturated carbocycles. The first-order chi connectivity index (χ1) is 6.24. The first-order valence-corrected chi connectivity index (χ1v) is 5.67. The molecule has 1 rings (SSSR count). The summed E-state index contributed by atoms with van der Waals surface area (Å²) in [5, 5.41) is 0.462. The van der Waals surface area contributed by atoms with E-state index in [-0.39, 0.29) is 12.1 Å². The molecule has 2 atom stereocenters. The van der Waals surface area contributed by atoms with Crippen LogP contribution < -0.4 is 0 Å². The van der Waals surface area contributed by atoms with E-state index in [0.29, 0.717) is 17.6 Å². The highest BCUT2D eigenvalue weighted by Gasteiger charge is 2.25. The molecule has 13 heavy (non-hydrogen) atoms. The van der Waals surface area contributed by atoms with Crippen LogP contribution in [0.5, 0.6) is 0 Å². The summed E-state index contributed by atoms with van der Waals surface area (Å²) in [6.07, 6.45) is 1.32. The molecule has 0 N–H and O–H groups in total. The molecule has 76 valence electrons. The molecule has 0 spiro atoms. The van der Waals surface area contributed by atoms with Crippen LogP contribution in [0.4, 0.5) is 0 Å². The normalized spacial score (nSPS) is 27.5. The second-order valence-electron chi connectivity index (χ2n) is 3.02. The monoisotopic (exact) mass is 204 g/mol. The van der Waals surface area contributed by atoms with Crippen molar-refractivity contribution in [3.8, 4) is 0 Å². The van der Waals surface area contributed by atoms with Crippen molar-refractivity contribution in [3.05, 3.63) is 0 Å². The number of carbonyl (C=O) groups is 1. The zero-order valence-corrected chi connectivity index (χ0v) is 8.93. The van der Waals surface area contributed by atoms with Gasteiger partial charge in [-0.25, -0.2) is 0 Å². The van der Waals surface area contributed by atoms with Crippen LogP contribution in [0.1, 0.15) is 20.3 Å². The lowest BCUT2D eigenvalue weighted by Gasteiger charge is -2.12. The number of hydrogen-bond donors (Lipinski definition) is 0. The summed E-state index contributed by atoms with van der Waals surface area (Å²) in [5.41, 5.74) is 0. The van der Waals surface area contributed by atoms with Gasteiger partial charge >= 0.3 is 5.97 Å². The third-order valence-electron chi connectivity index (χ3n) is 2.03. The number of ether oxygens (including phenoxy) is 2. The van der Waals surface area contributed by atoms with Gasteiger partial charge in [-0.3, -0.25) is 4.79 Å². The molecule has 0 radical (unpaired) electrons. The summed E-state index contributed by atoms with van der Waals surface area (Å²) in [6, 6.07) is 0. The average Bonchev–Trinajstić information content (AvgIpc) is 2.48. The second-order valence-corrected chi connectivity index (χ2v) is 4.25. The molecule has 4 heteroatoms. The Bertz CT molecular complexity index is 172. The fourth-order valence-corrected chi connectivity index (χ4v) is 2.35. The van der Waals surface area contributed by atoms with Gasteiger partial charge < -0.3 is 9.47 Å². The molecule has 0 bridgehead atoms. The van der Waals surface area contributed by atoms with Crippen molar-refractivity contribution in [2.24, 2.45) is 0 Å². The molecule has 0 amide bonds. The summed E-state index contributed by atoms with van der Waals surface area (Å²) in [6.45, 7) is 5.16. The van der Waals surface area contributed by atoms with Gasteiger partial charge in [0.05, 0.1) is 18.5 Å². The molecule has 1 saturated heterocycles. The van der Waals surface area contributed by atoms with Gasteiger partial charge in [0.1, 0.15) is 0 Å². The fourth-order valence-electron chi connectivity index (χ4n) is 1.31. The highest BCUT2D eigenvalue weighted by atomic mass is 32.2. The van der Waals surface area contributed by atoms with Crippen molar-refractivity contribution in [1.82, 2.24) is 0 Å². The van der Waals surface area contributed by atoms with Crippen LogP contribution in [0.2, 0.25) is 0 Å². The largest absolute Gasteiger partial charge is 0.465 e. The Labute approximate surface area is 83.2 Å². The maximum absolute atomic E-state index is 11.0. The standard InChI is InChI=1S/C9H16O3S/c1-3-11-9(10)6-13-8-4-5-12-7(8)2/h7-8H,3-6H2,1-2H3. The molecular formula is C9H16O3S. The van der Waals surface area contributed by atoms with Crippen LogP contribution in [0.3, 0.4) is 0 Å². The number of rotatable bonds is 4. The second kappa shape index (κ2) is 5.50. The predicted molar refractivity (Wildman–Crippen MR) is 52.9 cm³/mol. The van der Waals surface area contributed by atoms with Gasteiger partial charge in [0.15, 0.2) is 0 Å². The topological polar surface area (TPSA) is 35.5 Å². The van der Waals surface area contributed by atoms with Crippen LogP contribution in [-0.2, 0) is 14.3 Å². The maximum Gasteiger partial charge on any atom is 0.315 e. The van der Waals surface area contributed by atoms with Gasteiger partial charge in [-0.15, -0.1) is 11.8 Å². The van der Waals surface area contributed by atoms with Crippen LogP contribution in [0.15, 0.2) is 0 Å². The van der Waals surface area contributed by atoms with Gasteiger partial charge in [0.2, 0.25) is 0 Å². The minimum absolute atomic E-state index is 0.119. The lowest BCUT2D eigenvalue weighted by Crippen LogP contribution is -2.17. The molecular weight excluding hydrogens is 188 g/mol. The third kappa shape index (κ3) is 3.56. The zero-order chi connectivity index (χ0) is 9.68. The first-order valence-electron chi connectivity index (χ1n) is 4.63. The molecule has 0 aromatic heterocycles. The number of hydrogen-bond acceptors (Lipinski definition) is 4. The van der Waals surface area contributed by atoms with E-state index in [4.69, 9.17) is 9.47 Å². The number of thioether (sulfide) groups is 1. The molecule has 0 aliphatic carbocycles. The Kier molecular flexibility index (Phi) is 4.59. The van der Waals surface area contributed by atoms with Crippen molar-refractivity contribution < 1.29 is 14.3 Å². The molecule has 1 fully saturated rings. The molecule has 1 heterocycles. The van der Waals surface area contributed by atoms with Crippen LogP contribution >= 0.6 is 11.8 Å². The molecule has 2 unspecified atom stereocenters. The van der Waals surface area contributed by atoms with E-state index in [2.05, 4.69) is 6.92 Å². The van der Waals surface area contributed by atoms with E-state index in [0.717, 1.165) is 13.0 Å². The van der Waals surface area contributed by atoms with E-state index < -0.39 is 0 Å². The molecule has 1 aliphatic rings. The summed E-state index contributed by atoms with van der Waals surface area (Å²) < 4.78 is 10.2. The summed E-state index contributed by atoms with van der Waals surface area (Å²) in [4.78, 5) is 11.0. The zero-order valence-electron chi connectivity index (χ0n) is 8.12. The Hall–Kier alpha value is -0.220. The van der Waals surface area contributed by atoms with Gasteiger partial charge in [0, 0.05) is 11.9 Å². The highest BCUT2D eigenvalue weighted by Crippen LogP contribution is 2.25. The van der Waals surface area contributed by atoms with Crippen molar-refractivity contribution in [2.75, 3.05) is 19.0 Å². The van der Waals surface area contributed by atoms with Crippen molar-refractivity contribution in [1.29, 1.82) is 0 Å². The van der Waals surface area contributed by atoms with Crippen LogP contribution in [-0.4, -0.2) is 36.3 Å². The maximum atomic E-state index is 11.0. The van der Waals surface area contributed by atoms with Gasteiger partial charge in [-0.1, -0.05) is 0 Å². The lowest BCUT2D eigenvalue weighted by atomic mass is 10.3. The van der Waals surface area contributed by atoms with E-state index in [1.54, 1.807) is 11.8 Å². The molecule has 0 aromatic rings. The minimum atomic E-state index is -0.119. The van der Waals surface area contributed by atoms with E-state index in [1.807, 2.05) is 6.92 Å². The number of esters is 1. The lowest BCUT2D eigenvalue weighted by molar-refractivity contribution is -0.139. The highest BCUT2D eigenvalue weighted by molar-refractivity contribution is 8.00. The Balaban J connectivity index is 2.14. The molecule has 3 nitrogen and oxygen atoms in total. The van der Waals surface area contributed by atoms with Crippen LogP contribution in [0, 0.1) is 0 Å². The number of carbonyl (C=O) groups excluding carboxylic acids is 1. The Morgan fingerprint density at radius 3 is 3.00 bits per heavy atom. The predicted octanol–water partition coefficient (Wildman–Crippen LogP) is 1.46. The van der Waals surface area contributed by atoms with Crippen molar-refractivity contribution >= 4 is 17.7 Å². The van der Waals surface area contributed by atoms with Crippen molar-refractivity contribution in [3.63, 3.8) is 0 Å². The Morgan fingerprint density at radius 2 is 2.46 bits per heavy atom. The van der Waals surface area contributed by atoms with Gasteiger partial charge in [-0.05, 0) is 20.3 Å². The minimum Gasteiger partial charge on any atom is -0.465 e. The van der Waals surface area contributed by atoms with Gasteiger partial charge in [0.25, 0.3) is 0 Å². The smallest absolute Gasteiger partial charge is 0.315 e. The van der Waals surface area contributed by atoms with Crippen LogP contribution in [0.25, 0.3) is 0 Å². The third-order valence-corrected chi connectivity index (χ3v) is 3.48. The summed E-state index contributed by atoms with van der Waals surface area (Å²) >= 11 is 1.64. The van der Waals surface area contributed by atoms with Gasteiger partial charge in [-0.2, -0.15) is 0 Å². The van der Waals surface area contributed by atoms with E-state index in [9.17, 15) is 4.79 Å². The average molecular weight is 204 g/mol. The Morgan fingerprint density at radius 1 is 1.69 bits per heavy atom.